The third kappa shape index (κ3) is 4.66. The van der Waals surface area contributed by atoms with Gasteiger partial charge in [0.1, 0.15) is 11.6 Å². The number of nitrogens with one attached hydrogen (secondary N) is 1. The van der Waals surface area contributed by atoms with Crippen molar-refractivity contribution in [2.75, 3.05) is 5.32 Å². The van der Waals surface area contributed by atoms with E-state index in [9.17, 15) is 19.3 Å². The second kappa shape index (κ2) is 8.09. The van der Waals surface area contributed by atoms with Crippen molar-refractivity contribution in [2.45, 2.75) is 6.10 Å². The molecule has 0 aliphatic heterocycles. The first kappa shape index (κ1) is 18.1. The largest absolute Gasteiger partial charge is 0.476 e. The number of halogens is 1. The van der Waals surface area contributed by atoms with Crippen molar-refractivity contribution in [1.29, 1.82) is 0 Å². The summed E-state index contributed by atoms with van der Waals surface area (Å²) in [5.74, 6) is -0.551. The molecule has 0 saturated heterocycles. The predicted octanol–water partition coefficient (Wildman–Crippen LogP) is 4.49. The number of hydrogen-bond acceptors (Lipinski definition) is 4. The Balaban J connectivity index is 1.83. The topological polar surface area (TPSA) is 81.5 Å². The van der Waals surface area contributed by atoms with Crippen LogP contribution in [0.1, 0.15) is 11.7 Å². The van der Waals surface area contributed by atoms with Gasteiger partial charge in [-0.2, -0.15) is 0 Å². The highest BCUT2D eigenvalue weighted by Gasteiger charge is 2.23. The molecule has 1 atom stereocenters. The van der Waals surface area contributed by atoms with Gasteiger partial charge in [-0.05, 0) is 36.4 Å². The van der Waals surface area contributed by atoms with Gasteiger partial charge in [0.2, 0.25) is 6.10 Å². The number of rotatable bonds is 6. The summed E-state index contributed by atoms with van der Waals surface area (Å²) in [6.07, 6.45) is -0.988. The van der Waals surface area contributed by atoms with Crippen LogP contribution in [0.3, 0.4) is 0 Å². The maximum absolute atomic E-state index is 13.0. The molecular formula is C20H15FN2O4. The zero-order valence-electron chi connectivity index (χ0n) is 14.0. The number of amides is 1. The van der Waals surface area contributed by atoms with Gasteiger partial charge >= 0.3 is 0 Å². The molecular weight excluding hydrogens is 351 g/mol. The Morgan fingerprint density at radius 3 is 2.19 bits per heavy atom. The highest BCUT2D eigenvalue weighted by Crippen LogP contribution is 2.25. The second-order valence-corrected chi connectivity index (χ2v) is 5.66. The molecule has 0 heterocycles. The van der Waals surface area contributed by atoms with Crippen LogP contribution in [0.5, 0.6) is 5.75 Å². The Morgan fingerprint density at radius 2 is 1.59 bits per heavy atom. The molecule has 3 rings (SSSR count). The fraction of sp³-hybridized carbons (Fsp3) is 0.0500. The van der Waals surface area contributed by atoms with E-state index in [0.717, 1.165) is 0 Å². The van der Waals surface area contributed by atoms with Gasteiger partial charge < -0.3 is 10.1 Å². The maximum atomic E-state index is 13.0. The summed E-state index contributed by atoms with van der Waals surface area (Å²) in [7, 11) is 0. The van der Waals surface area contributed by atoms with E-state index in [1.54, 1.807) is 24.3 Å². The van der Waals surface area contributed by atoms with E-state index < -0.39 is 22.8 Å². The molecule has 27 heavy (non-hydrogen) atoms. The van der Waals surface area contributed by atoms with E-state index in [1.165, 1.54) is 48.5 Å². The number of nitrogens with zero attached hydrogens (tertiary/aromatic N) is 1. The molecule has 0 bridgehead atoms. The van der Waals surface area contributed by atoms with Gasteiger partial charge in [-0.25, -0.2) is 4.39 Å². The molecule has 0 radical (unpaired) electrons. The van der Waals surface area contributed by atoms with Crippen LogP contribution in [0.15, 0.2) is 78.9 Å². The van der Waals surface area contributed by atoms with Gasteiger partial charge in [0.05, 0.1) is 4.92 Å². The molecule has 0 aliphatic carbocycles. The number of nitro benzene ring substituents is 1. The molecule has 136 valence electrons. The van der Waals surface area contributed by atoms with Crippen LogP contribution in [0, 0.1) is 15.9 Å². The lowest BCUT2D eigenvalue weighted by molar-refractivity contribution is -0.384. The molecule has 1 amide bonds. The maximum Gasteiger partial charge on any atom is 0.270 e. The summed E-state index contributed by atoms with van der Waals surface area (Å²) >= 11 is 0. The predicted molar refractivity (Wildman–Crippen MR) is 97.9 cm³/mol. The summed E-state index contributed by atoms with van der Waals surface area (Å²) < 4.78 is 18.8. The van der Waals surface area contributed by atoms with E-state index in [1.807, 2.05) is 6.07 Å². The first-order valence-corrected chi connectivity index (χ1v) is 8.05. The molecule has 0 spiro atoms. The lowest BCUT2D eigenvalue weighted by atomic mass is 10.1. The average Bonchev–Trinajstić information content (AvgIpc) is 2.69. The first-order chi connectivity index (χ1) is 13.0. The molecule has 1 N–H and O–H groups in total. The Labute approximate surface area is 154 Å². The first-order valence-electron chi connectivity index (χ1n) is 8.05. The molecule has 0 fully saturated rings. The van der Waals surface area contributed by atoms with Crippen LogP contribution in [-0.2, 0) is 4.79 Å². The van der Waals surface area contributed by atoms with Crippen LogP contribution in [0.2, 0.25) is 0 Å². The smallest absolute Gasteiger partial charge is 0.270 e. The van der Waals surface area contributed by atoms with Gasteiger partial charge in [0.15, 0.2) is 0 Å². The summed E-state index contributed by atoms with van der Waals surface area (Å²) in [5, 5.41) is 13.4. The molecule has 0 aliphatic rings. The number of anilines is 1. The summed E-state index contributed by atoms with van der Waals surface area (Å²) in [4.78, 5) is 23.0. The van der Waals surface area contributed by atoms with E-state index in [2.05, 4.69) is 5.32 Å². The minimum absolute atomic E-state index is 0.0747. The molecule has 6 nitrogen and oxygen atoms in total. The molecule has 0 aromatic heterocycles. The van der Waals surface area contributed by atoms with Crippen molar-refractivity contribution in [3.63, 3.8) is 0 Å². The van der Waals surface area contributed by atoms with Crippen molar-refractivity contribution >= 4 is 17.3 Å². The van der Waals surface area contributed by atoms with E-state index in [4.69, 9.17) is 4.74 Å². The fourth-order valence-corrected chi connectivity index (χ4v) is 2.42. The minimum atomic E-state index is -0.988. The summed E-state index contributed by atoms with van der Waals surface area (Å²) in [5.41, 5.74) is 0.958. The molecule has 3 aromatic rings. The zero-order valence-corrected chi connectivity index (χ0v) is 14.0. The van der Waals surface area contributed by atoms with E-state index in [0.29, 0.717) is 17.0 Å². The second-order valence-electron chi connectivity index (χ2n) is 5.66. The monoisotopic (exact) mass is 366 g/mol. The van der Waals surface area contributed by atoms with Crippen molar-refractivity contribution in [1.82, 2.24) is 0 Å². The van der Waals surface area contributed by atoms with Crippen LogP contribution in [0.25, 0.3) is 0 Å². The van der Waals surface area contributed by atoms with Crippen LogP contribution in [-0.4, -0.2) is 10.8 Å². The third-order valence-corrected chi connectivity index (χ3v) is 3.75. The lowest BCUT2D eigenvalue weighted by Gasteiger charge is -2.19. The zero-order chi connectivity index (χ0) is 19.2. The van der Waals surface area contributed by atoms with Gasteiger partial charge in [-0.15, -0.1) is 0 Å². The standard InChI is InChI=1S/C20H15FN2O4/c21-15-6-8-16(9-7-15)22-20(24)19(14-4-2-1-3-5-14)27-18-12-10-17(11-13-18)23(25)26/h1-13,19H,(H,22,24)/t19-/m0/s1. The highest BCUT2D eigenvalue weighted by molar-refractivity contribution is 5.95. The summed E-state index contributed by atoms with van der Waals surface area (Å²) in [6, 6.07) is 19.7. The van der Waals surface area contributed by atoms with Crippen LogP contribution in [0.4, 0.5) is 15.8 Å². The summed E-state index contributed by atoms with van der Waals surface area (Å²) in [6.45, 7) is 0. The molecule has 0 saturated carbocycles. The number of nitro groups is 1. The Hall–Kier alpha value is -3.74. The Bertz CT molecular complexity index is 928. The number of carbonyl (C=O) groups is 1. The fourth-order valence-electron chi connectivity index (χ4n) is 2.42. The Morgan fingerprint density at radius 1 is 0.963 bits per heavy atom. The number of carbonyl (C=O) groups excluding carboxylic acids is 1. The van der Waals surface area contributed by atoms with Crippen molar-refractivity contribution in [3.05, 3.63) is 100 Å². The van der Waals surface area contributed by atoms with Crippen LogP contribution < -0.4 is 10.1 Å². The van der Waals surface area contributed by atoms with Gasteiger partial charge in [-0.1, -0.05) is 30.3 Å². The van der Waals surface area contributed by atoms with Crippen molar-refractivity contribution in [2.24, 2.45) is 0 Å². The average molecular weight is 366 g/mol. The van der Waals surface area contributed by atoms with Gasteiger partial charge in [0, 0.05) is 23.4 Å². The quantitative estimate of drug-likeness (QED) is 0.515. The third-order valence-electron chi connectivity index (χ3n) is 3.75. The molecule has 3 aromatic carbocycles. The number of non-ortho nitro benzene ring substituents is 1. The lowest BCUT2D eigenvalue weighted by Crippen LogP contribution is -2.25. The van der Waals surface area contributed by atoms with E-state index >= 15 is 0 Å². The van der Waals surface area contributed by atoms with Crippen LogP contribution >= 0.6 is 0 Å². The van der Waals surface area contributed by atoms with Gasteiger partial charge in [0.25, 0.3) is 11.6 Å². The highest BCUT2D eigenvalue weighted by atomic mass is 19.1. The molecule has 0 unspecified atom stereocenters. The van der Waals surface area contributed by atoms with Gasteiger partial charge in [-0.3, -0.25) is 14.9 Å². The van der Waals surface area contributed by atoms with Crippen molar-refractivity contribution < 1.29 is 18.8 Å². The van der Waals surface area contributed by atoms with E-state index in [-0.39, 0.29) is 5.69 Å². The SMILES string of the molecule is O=C(Nc1ccc(F)cc1)[C@@H](Oc1ccc([N+](=O)[O-])cc1)c1ccccc1. The number of benzene rings is 3. The molecule has 7 heteroatoms. The Kier molecular flexibility index (Phi) is 5.41. The number of ether oxygens (including phenoxy) is 1. The minimum Gasteiger partial charge on any atom is -0.476 e. The normalized spacial score (nSPS) is 11.4. The number of hydrogen-bond donors (Lipinski definition) is 1. The van der Waals surface area contributed by atoms with Crippen molar-refractivity contribution in [3.8, 4) is 5.75 Å².